The molecule has 4 aromatic rings. The quantitative estimate of drug-likeness (QED) is 0.315. The predicted octanol–water partition coefficient (Wildman–Crippen LogP) is 5.98. The van der Waals surface area contributed by atoms with Crippen molar-refractivity contribution in [3.05, 3.63) is 104 Å². The van der Waals surface area contributed by atoms with E-state index in [1.54, 1.807) is 18.2 Å². The molecular weight excluding hydrogens is 492 g/mol. The molecule has 0 saturated carbocycles. The normalized spacial score (nSPS) is 12.0. The van der Waals surface area contributed by atoms with E-state index in [1.165, 1.54) is 27.6 Å². The van der Waals surface area contributed by atoms with Gasteiger partial charge in [-0.05, 0) is 60.5 Å². The van der Waals surface area contributed by atoms with Crippen LogP contribution < -0.4 is 15.6 Å². The van der Waals surface area contributed by atoms with Crippen molar-refractivity contribution in [2.45, 2.75) is 26.3 Å². The first-order chi connectivity index (χ1) is 16.8. The fraction of sp³-hybridized carbons (Fsp3) is 0.154. The molecule has 2 heterocycles. The molecule has 0 atom stereocenters. The van der Waals surface area contributed by atoms with Crippen LogP contribution >= 0.6 is 23.2 Å². The summed E-state index contributed by atoms with van der Waals surface area (Å²) in [5.74, 6) is -0.160. The van der Waals surface area contributed by atoms with Gasteiger partial charge in [0.25, 0.3) is 5.56 Å². The van der Waals surface area contributed by atoms with Gasteiger partial charge in [-0.1, -0.05) is 42.3 Å². The number of rotatable bonds is 5. The molecule has 0 bridgehead atoms. The number of carbonyl (C=O) groups excluding carboxylic acids is 1. The molecule has 0 fully saturated rings. The highest BCUT2D eigenvalue weighted by Crippen LogP contribution is 2.37. The molecule has 0 spiro atoms. The number of hydrogen-bond acceptors (Lipinski definition) is 3. The summed E-state index contributed by atoms with van der Waals surface area (Å²) < 4.78 is 22.6. The third-order valence-corrected chi connectivity index (χ3v) is 6.39. The Morgan fingerprint density at radius 2 is 1.86 bits per heavy atom. The van der Waals surface area contributed by atoms with Crippen LogP contribution in [0.1, 0.15) is 23.6 Å². The van der Waals surface area contributed by atoms with Gasteiger partial charge in [0.1, 0.15) is 18.1 Å². The Labute approximate surface area is 210 Å². The standard InChI is InChI=1S/C26H20Cl2FN3O3/c1-2-15-3-7-19(8-4-15)32-25(34)20-12-16-11-17(27)5-10-23(16)35-26(20)31(32)14-24(33)30-18-6-9-22(29)21(28)13-18/h3-11,13H,2,12,14H2,1H3,(H,30,33). The van der Waals surface area contributed by atoms with Crippen LogP contribution in [0.15, 0.2) is 65.5 Å². The maximum atomic E-state index is 13.5. The molecule has 1 aliphatic rings. The molecule has 3 aromatic carbocycles. The second-order valence-corrected chi connectivity index (χ2v) is 9.03. The molecule has 0 aliphatic carbocycles. The number of carbonyl (C=O) groups is 1. The van der Waals surface area contributed by atoms with Crippen molar-refractivity contribution in [2.24, 2.45) is 0 Å². The Bertz CT molecular complexity index is 1510. The van der Waals surface area contributed by atoms with Gasteiger partial charge in [-0.15, -0.1) is 0 Å². The van der Waals surface area contributed by atoms with E-state index in [9.17, 15) is 14.0 Å². The minimum atomic E-state index is -0.583. The fourth-order valence-corrected chi connectivity index (χ4v) is 4.48. The Kier molecular flexibility index (Phi) is 6.13. The van der Waals surface area contributed by atoms with E-state index in [0.717, 1.165) is 17.5 Å². The van der Waals surface area contributed by atoms with E-state index in [4.69, 9.17) is 27.9 Å². The topological polar surface area (TPSA) is 65.3 Å². The number of hydrogen-bond donors (Lipinski definition) is 1. The molecule has 1 N–H and O–H groups in total. The van der Waals surface area contributed by atoms with Crippen LogP contribution in [0.5, 0.6) is 11.6 Å². The summed E-state index contributed by atoms with van der Waals surface area (Å²) in [5.41, 5.74) is 2.99. The molecule has 0 radical (unpaired) electrons. The van der Waals surface area contributed by atoms with E-state index < -0.39 is 11.7 Å². The number of amides is 1. The second-order valence-electron chi connectivity index (χ2n) is 8.19. The number of anilines is 1. The predicted molar refractivity (Wildman–Crippen MR) is 134 cm³/mol. The highest BCUT2D eigenvalue weighted by Gasteiger charge is 2.29. The van der Waals surface area contributed by atoms with Crippen molar-refractivity contribution in [2.75, 3.05) is 5.32 Å². The maximum Gasteiger partial charge on any atom is 0.278 e. The van der Waals surface area contributed by atoms with Crippen LogP contribution in [0.2, 0.25) is 10.0 Å². The van der Waals surface area contributed by atoms with Gasteiger partial charge in [0.15, 0.2) is 0 Å². The lowest BCUT2D eigenvalue weighted by molar-refractivity contribution is -0.117. The van der Waals surface area contributed by atoms with Crippen LogP contribution in [0.3, 0.4) is 0 Å². The lowest BCUT2D eigenvalue weighted by Gasteiger charge is -2.20. The zero-order valence-corrected chi connectivity index (χ0v) is 20.2. The number of nitrogens with zero attached hydrogens (tertiary/aromatic N) is 2. The molecule has 0 unspecified atom stereocenters. The number of aryl methyl sites for hydroxylation is 1. The van der Waals surface area contributed by atoms with Gasteiger partial charge in [0.05, 0.1) is 16.3 Å². The van der Waals surface area contributed by atoms with Crippen molar-refractivity contribution in [3.63, 3.8) is 0 Å². The highest BCUT2D eigenvalue weighted by molar-refractivity contribution is 6.31. The van der Waals surface area contributed by atoms with E-state index >= 15 is 0 Å². The SMILES string of the molecule is CCc1ccc(-n2c(=O)c3c(n2CC(=O)Nc2ccc(F)c(Cl)c2)Oc2ccc(Cl)cc2C3)cc1. The summed E-state index contributed by atoms with van der Waals surface area (Å²) >= 11 is 12.0. The van der Waals surface area contributed by atoms with E-state index in [0.29, 0.717) is 34.1 Å². The zero-order chi connectivity index (χ0) is 24.7. The first kappa shape index (κ1) is 23.2. The lowest BCUT2D eigenvalue weighted by atomic mass is 10.0. The Morgan fingerprint density at radius 3 is 2.57 bits per heavy atom. The summed E-state index contributed by atoms with van der Waals surface area (Å²) in [6.07, 6.45) is 1.17. The molecule has 1 aliphatic heterocycles. The molecule has 1 amide bonds. The molecular formula is C26H20Cl2FN3O3. The number of ether oxygens (including phenoxy) is 1. The van der Waals surface area contributed by atoms with Gasteiger partial charge in [-0.3, -0.25) is 9.59 Å². The van der Waals surface area contributed by atoms with Gasteiger partial charge in [0.2, 0.25) is 11.8 Å². The lowest BCUT2D eigenvalue weighted by Crippen LogP contribution is -2.27. The van der Waals surface area contributed by atoms with E-state index in [2.05, 4.69) is 5.32 Å². The second kappa shape index (κ2) is 9.24. The molecule has 9 heteroatoms. The third kappa shape index (κ3) is 4.45. The van der Waals surface area contributed by atoms with Crippen molar-refractivity contribution >= 4 is 34.8 Å². The van der Waals surface area contributed by atoms with Gasteiger partial charge in [-0.25, -0.2) is 13.8 Å². The number of benzene rings is 3. The first-order valence-corrected chi connectivity index (χ1v) is 11.7. The average molecular weight is 512 g/mol. The zero-order valence-electron chi connectivity index (χ0n) is 18.6. The molecule has 5 rings (SSSR count). The molecule has 0 saturated heterocycles. The Hall–Kier alpha value is -3.55. The minimum Gasteiger partial charge on any atom is -0.439 e. The number of aromatic nitrogens is 2. The van der Waals surface area contributed by atoms with Gasteiger partial charge < -0.3 is 10.1 Å². The molecule has 35 heavy (non-hydrogen) atoms. The van der Waals surface area contributed by atoms with Gasteiger partial charge in [-0.2, -0.15) is 0 Å². The first-order valence-electron chi connectivity index (χ1n) is 11.0. The van der Waals surface area contributed by atoms with Crippen molar-refractivity contribution in [1.82, 2.24) is 9.36 Å². The van der Waals surface area contributed by atoms with Gasteiger partial charge >= 0.3 is 0 Å². The fourth-order valence-electron chi connectivity index (χ4n) is 4.10. The summed E-state index contributed by atoms with van der Waals surface area (Å²) in [6, 6.07) is 16.7. The van der Waals surface area contributed by atoms with Crippen LogP contribution in [0.4, 0.5) is 10.1 Å². The third-order valence-electron chi connectivity index (χ3n) is 5.87. The van der Waals surface area contributed by atoms with E-state index in [1.807, 2.05) is 31.2 Å². The minimum absolute atomic E-state index is 0.104. The summed E-state index contributed by atoms with van der Waals surface area (Å²) in [6.45, 7) is 1.82. The number of halogens is 3. The maximum absolute atomic E-state index is 13.5. The van der Waals surface area contributed by atoms with Crippen molar-refractivity contribution < 1.29 is 13.9 Å². The summed E-state index contributed by atoms with van der Waals surface area (Å²) in [7, 11) is 0. The van der Waals surface area contributed by atoms with Crippen molar-refractivity contribution in [3.8, 4) is 17.3 Å². The van der Waals surface area contributed by atoms with E-state index in [-0.39, 0.29) is 23.0 Å². The molecule has 6 nitrogen and oxygen atoms in total. The Morgan fingerprint density at radius 1 is 1.09 bits per heavy atom. The van der Waals surface area contributed by atoms with Crippen LogP contribution in [-0.2, 0) is 24.2 Å². The van der Waals surface area contributed by atoms with Gasteiger partial charge in [0, 0.05) is 22.7 Å². The Balaban J connectivity index is 1.56. The van der Waals surface area contributed by atoms with Crippen LogP contribution in [0, 0.1) is 5.82 Å². The smallest absolute Gasteiger partial charge is 0.278 e. The van der Waals surface area contributed by atoms with Crippen LogP contribution in [-0.4, -0.2) is 15.3 Å². The van der Waals surface area contributed by atoms with Crippen molar-refractivity contribution in [1.29, 1.82) is 0 Å². The summed E-state index contributed by atoms with van der Waals surface area (Å²) in [5, 5.41) is 3.14. The largest absolute Gasteiger partial charge is 0.439 e. The molecule has 178 valence electrons. The molecule has 1 aromatic heterocycles. The van der Waals surface area contributed by atoms with Crippen LogP contribution in [0.25, 0.3) is 5.69 Å². The number of nitrogens with one attached hydrogen (secondary N) is 1. The number of fused-ring (bicyclic) bond motifs is 2. The average Bonchev–Trinajstić information content (AvgIpc) is 3.10. The monoisotopic (exact) mass is 511 g/mol. The summed E-state index contributed by atoms with van der Waals surface area (Å²) in [4.78, 5) is 26.5. The highest BCUT2D eigenvalue weighted by atomic mass is 35.5.